The van der Waals surface area contributed by atoms with E-state index in [2.05, 4.69) is 32.3 Å². The number of nitrogens with one attached hydrogen (secondary N) is 1. The van der Waals surface area contributed by atoms with Gasteiger partial charge in [0.2, 0.25) is 0 Å². The fourth-order valence-electron chi connectivity index (χ4n) is 2.50. The van der Waals surface area contributed by atoms with Gasteiger partial charge < -0.3 is 5.32 Å². The van der Waals surface area contributed by atoms with Crippen molar-refractivity contribution in [3.63, 3.8) is 0 Å². The summed E-state index contributed by atoms with van der Waals surface area (Å²) in [7, 11) is 0. The molecule has 104 valence electrons. The molecule has 1 saturated heterocycles. The molecular formula is C14H26N2S2. The Bertz CT molecular complexity index is 318. The van der Waals surface area contributed by atoms with Gasteiger partial charge in [-0.1, -0.05) is 18.7 Å². The van der Waals surface area contributed by atoms with Gasteiger partial charge >= 0.3 is 0 Å². The third kappa shape index (κ3) is 3.60. The van der Waals surface area contributed by atoms with Crippen LogP contribution in [0, 0.1) is 5.92 Å². The molecule has 0 aromatic carbocycles. The third-order valence-corrected chi connectivity index (χ3v) is 6.68. The fraction of sp³-hybridized carbons (Fsp3) is 0.929. The van der Waals surface area contributed by atoms with Crippen LogP contribution < -0.4 is 5.32 Å². The third-order valence-electron chi connectivity index (χ3n) is 4.24. The maximum Gasteiger partial charge on any atom is 0.157 e. The summed E-state index contributed by atoms with van der Waals surface area (Å²) in [5, 5.41) is 4.91. The van der Waals surface area contributed by atoms with Crippen LogP contribution in [0.4, 0.5) is 0 Å². The van der Waals surface area contributed by atoms with Gasteiger partial charge in [0.25, 0.3) is 0 Å². The fourth-order valence-corrected chi connectivity index (χ4v) is 3.91. The molecule has 0 aromatic heterocycles. The quantitative estimate of drug-likeness (QED) is 0.854. The van der Waals surface area contributed by atoms with E-state index in [0.29, 0.717) is 5.54 Å². The van der Waals surface area contributed by atoms with Crippen LogP contribution in [-0.2, 0) is 0 Å². The molecule has 2 fully saturated rings. The van der Waals surface area contributed by atoms with Crippen molar-refractivity contribution in [2.24, 2.45) is 10.9 Å². The molecule has 1 heterocycles. The van der Waals surface area contributed by atoms with Gasteiger partial charge in [-0.05, 0) is 51.7 Å². The van der Waals surface area contributed by atoms with Gasteiger partial charge in [-0.15, -0.1) is 0 Å². The SMILES string of the molecule is CSC(C)(C)CN=C1NC2(CCC(C)CC2)CS1. The van der Waals surface area contributed by atoms with E-state index in [1.54, 1.807) is 0 Å². The number of rotatable bonds is 3. The number of nitrogens with zero attached hydrogens (tertiary/aromatic N) is 1. The van der Waals surface area contributed by atoms with E-state index in [4.69, 9.17) is 4.99 Å². The first kappa shape index (κ1) is 14.6. The van der Waals surface area contributed by atoms with E-state index in [9.17, 15) is 0 Å². The van der Waals surface area contributed by atoms with Crippen LogP contribution in [0.5, 0.6) is 0 Å². The summed E-state index contributed by atoms with van der Waals surface area (Å²) in [6.07, 6.45) is 7.56. The van der Waals surface area contributed by atoms with Crippen molar-refractivity contribution in [3.05, 3.63) is 0 Å². The first-order valence-corrected chi connectivity index (χ1v) is 9.16. The Morgan fingerprint density at radius 3 is 2.72 bits per heavy atom. The van der Waals surface area contributed by atoms with Gasteiger partial charge in [-0.25, -0.2) is 0 Å². The van der Waals surface area contributed by atoms with E-state index in [1.807, 2.05) is 23.5 Å². The van der Waals surface area contributed by atoms with Gasteiger partial charge in [0.15, 0.2) is 5.17 Å². The first-order chi connectivity index (χ1) is 8.45. The molecule has 1 saturated carbocycles. The molecule has 1 spiro atoms. The summed E-state index contributed by atoms with van der Waals surface area (Å²) in [6.45, 7) is 7.82. The van der Waals surface area contributed by atoms with Gasteiger partial charge in [-0.2, -0.15) is 11.8 Å². The van der Waals surface area contributed by atoms with E-state index >= 15 is 0 Å². The molecule has 0 unspecified atom stereocenters. The Kier molecular flexibility index (Phi) is 4.58. The molecule has 1 aliphatic carbocycles. The minimum Gasteiger partial charge on any atom is -0.359 e. The van der Waals surface area contributed by atoms with E-state index in [1.165, 1.54) is 36.6 Å². The first-order valence-electron chi connectivity index (χ1n) is 6.95. The summed E-state index contributed by atoms with van der Waals surface area (Å²) in [5.41, 5.74) is 0.375. The minimum absolute atomic E-state index is 0.256. The van der Waals surface area contributed by atoms with E-state index in [-0.39, 0.29) is 4.75 Å². The molecule has 2 rings (SSSR count). The van der Waals surface area contributed by atoms with Crippen LogP contribution in [0.2, 0.25) is 0 Å². The lowest BCUT2D eigenvalue weighted by Crippen LogP contribution is -2.46. The van der Waals surface area contributed by atoms with Crippen LogP contribution in [0.15, 0.2) is 4.99 Å². The van der Waals surface area contributed by atoms with Crippen LogP contribution in [0.3, 0.4) is 0 Å². The van der Waals surface area contributed by atoms with Crippen LogP contribution in [0.25, 0.3) is 0 Å². The second kappa shape index (κ2) is 5.66. The second-order valence-electron chi connectivity index (χ2n) is 6.46. The molecular weight excluding hydrogens is 260 g/mol. The average Bonchev–Trinajstić information content (AvgIpc) is 2.75. The predicted octanol–water partition coefficient (Wildman–Crippen LogP) is 3.77. The molecule has 0 aromatic rings. The predicted molar refractivity (Wildman–Crippen MR) is 85.9 cm³/mol. The summed E-state index contributed by atoms with van der Waals surface area (Å²) in [6, 6.07) is 0. The van der Waals surface area contributed by atoms with Gasteiger partial charge in [-0.3, -0.25) is 4.99 Å². The van der Waals surface area contributed by atoms with E-state index < -0.39 is 0 Å². The maximum atomic E-state index is 4.78. The zero-order valence-corrected chi connectivity index (χ0v) is 13.7. The van der Waals surface area contributed by atoms with Gasteiger partial charge in [0, 0.05) is 16.0 Å². The van der Waals surface area contributed by atoms with Crippen LogP contribution >= 0.6 is 23.5 Å². The maximum absolute atomic E-state index is 4.78. The molecule has 1 aliphatic heterocycles. The lowest BCUT2D eigenvalue weighted by atomic mass is 9.78. The van der Waals surface area contributed by atoms with Crippen molar-refractivity contribution in [2.75, 3.05) is 18.6 Å². The highest BCUT2D eigenvalue weighted by Gasteiger charge is 2.39. The van der Waals surface area contributed by atoms with Crippen molar-refractivity contribution in [1.82, 2.24) is 5.32 Å². The molecule has 0 radical (unpaired) electrons. The van der Waals surface area contributed by atoms with Crippen molar-refractivity contribution in [1.29, 1.82) is 0 Å². The average molecular weight is 287 g/mol. The van der Waals surface area contributed by atoms with Gasteiger partial charge in [0.05, 0.1) is 6.54 Å². The Labute approximate surface area is 120 Å². The second-order valence-corrected chi connectivity index (χ2v) is 8.94. The van der Waals surface area contributed by atoms with Crippen molar-refractivity contribution in [2.45, 2.75) is 56.7 Å². The lowest BCUT2D eigenvalue weighted by Gasteiger charge is -2.35. The number of hydrogen-bond donors (Lipinski definition) is 1. The smallest absolute Gasteiger partial charge is 0.157 e. The van der Waals surface area contributed by atoms with Crippen molar-refractivity contribution < 1.29 is 0 Å². The Morgan fingerprint density at radius 1 is 1.44 bits per heavy atom. The highest BCUT2D eigenvalue weighted by Crippen LogP contribution is 2.38. The minimum atomic E-state index is 0.256. The molecule has 1 N–H and O–H groups in total. The highest BCUT2D eigenvalue weighted by atomic mass is 32.2. The van der Waals surface area contributed by atoms with Gasteiger partial charge in [0.1, 0.15) is 0 Å². The summed E-state index contributed by atoms with van der Waals surface area (Å²) >= 11 is 3.82. The van der Waals surface area contributed by atoms with Crippen LogP contribution in [0.1, 0.15) is 46.5 Å². The topological polar surface area (TPSA) is 24.4 Å². The highest BCUT2D eigenvalue weighted by molar-refractivity contribution is 8.14. The summed E-state index contributed by atoms with van der Waals surface area (Å²) in [5.74, 6) is 2.14. The molecule has 0 amide bonds. The van der Waals surface area contributed by atoms with Crippen molar-refractivity contribution >= 4 is 28.7 Å². The Morgan fingerprint density at radius 2 is 2.11 bits per heavy atom. The molecule has 2 nitrogen and oxygen atoms in total. The summed E-state index contributed by atoms with van der Waals surface area (Å²) in [4.78, 5) is 4.78. The summed E-state index contributed by atoms with van der Waals surface area (Å²) < 4.78 is 0.256. The largest absolute Gasteiger partial charge is 0.359 e. The van der Waals surface area contributed by atoms with Crippen molar-refractivity contribution in [3.8, 4) is 0 Å². The Hall–Kier alpha value is 0.170. The molecule has 0 atom stereocenters. The molecule has 4 heteroatoms. The zero-order chi connectivity index (χ0) is 13.2. The molecule has 0 bridgehead atoms. The number of amidine groups is 1. The monoisotopic (exact) mass is 286 g/mol. The number of thioether (sulfide) groups is 2. The standard InChI is InChI=1S/C14H26N2S2/c1-11-5-7-14(8-6-11)10-18-12(16-14)15-9-13(2,3)17-4/h11H,5-10H2,1-4H3,(H,15,16). The zero-order valence-electron chi connectivity index (χ0n) is 12.1. The van der Waals surface area contributed by atoms with Crippen LogP contribution in [-0.4, -0.2) is 34.0 Å². The normalized spacial score (nSPS) is 35.1. The number of hydrogen-bond acceptors (Lipinski definition) is 3. The molecule has 2 aliphatic rings. The Balaban J connectivity index is 1.90. The lowest BCUT2D eigenvalue weighted by molar-refractivity contribution is 0.251. The van der Waals surface area contributed by atoms with E-state index in [0.717, 1.165) is 12.5 Å². The number of aliphatic imine (C=N–C) groups is 1. The molecule has 18 heavy (non-hydrogen) atoms.